The molecule has 0 aliphatic heterocycles. The Hall–Kier alpha value is -0.0800. The average Bonchev–Trinajstić information content (AvgIpc) is 2.27. The molecule has 0 saturated heterocycles. The van der Waals surface area contributed by atoms with Gasteiger partial charge in [-0.05, 0) is 52.9 Å². The molecule has 1 N–H and O–H groups in total. The van der Waals surface area contributed by atoms with E-state index in [0.29, 0.717) is 0 Å². The SMILES string of the molecule is CCC(CC)NCCCCCCCN(C)C. The van der Waals surface area contributed by atoms with Gasteiger partial charge in [0.1, 0.15) is 0 Å². The molecule has 0 bridgehead atoms. The highest BCUT2D eigenvalue weighted by atomic mass is 15.0. The second-order valence-electron chi connectivity index (χ2n) is 5.04. The average molecular weight is 228 g/mol. The fourth-order valence-electron chi connectivity index (χ4n) is 1.97. The second kappa shape index (κ2) is 11.4. The van der Waals surface area contributed by atoms with Crippen molar-refractivity contribution in [3.63, 3.8) is 0 Å². The predicted octanol–water partition coefficient (Wildman–Crippen LogP) is 3.28. The highest BCUT2D eigenvalue weighted by Gasteiger charge is 2.00. The Balaban J connectivity index is 3.09. The van der Waals surface area contributed by atoms with E-state index in [9.17, 15) is 0 Å². The van der Waals surface area contributed by atoms with E-state index < -0.39 is 0 Å². The van der Waals surface area contributed by atoms with Gasteiger partial charge < -0.3 is 10.2 Å². The zero-order chi connectivity index (χ0) is 12.2. The van der Waals surface area contributed by atoms with Gasteiger partial charge in [-0.2, -0.15) is 0 Å². The van der Waals surface area contributed by atoms with Gasteiger partial charge in [0.25, 0.3) is 0 Å². The zero-order valence-corrected chi connectivity index (χ0v) is 11.9. The molecule has 0 aliphatic carbocycles. The summed E-state index contributed by atoms with van der Waals surface area (Å²) in [6.45, 7) is 6.98. The van der Waals surface area contributed by atoms with Crippen LogP contribution in [0.5, 0.6) is 0 Å². The van der Waals surface area contributed by atoms with Gasteiger partial charge in [-0.15, -0.1) is 0 Å². The Kier molecular flexibility index (Phi) is 11.3. The van der Waals surface area contributed by atoms with Crippen LogP contribution in [0.1, 0.15) is 58.8 Å². The minimum Gasteiger partial charge on any atom is -0.314 e. The molecule has 2 heteroatoms. The van der Waals surface area contributed by atoms with Crippen LogP contribution in [-0.2, 0) is 0 Å². The van der Waals surface area contributed by atoms with Crippen molar-refractivity contribution in [3.05, 3.63) is 0 Å². The van der Waals surface area contributed by atoms with Crippen molar-refractivity contribution in [1.82, 2.24) is 10.2 Å². The number of nitrogens with zero attached hydrogens (tertiary/aromatic N) is 1. The molecule has 0 radical (unpaired) electrons. The maximum atomic E-state index is 3.62. The first-order chi connectivity index (χ1) is 7.70. The summed E-state index contributed by atoms with van der Waals surface area (Å²) in [6.07, 6.45) is 9.41. The van der Waals surface area contributed by atoms with E-state index in [1.54, 1.807) is 0 Å². The van der Waals surface area contributed by atoms with Crippen molar-refractivity contribution in [2.45, 2.75) is 64.8 Å². The van der Waals surface area contributed by atoms with E-state index in [-0.39, 0.29) is 0 Å². The normalized spacial score (nSPS) is 11.6. The highest BCUT2D eigenvalue weighted by molar-refractivity contribution is 4.61. The molecule has 0 atom stereocenters. The Labute approximate surface area is 103 Å². The zero-order valence-electron chi connectivity index (χ0n) is 11.9. The molecule has 2 nitrogen and oxygen atoms in total. The summed E-state index contributed by atoms with van der Waals surface area (Å²) in [7, 11) is 4.30. The van der Waals surface area contributed by atoms with Crippen molar-refractivity contribution in [1.29, 1.82) is 0 Å². The van der Waals surface area contributed by atoms with Gasteiger partial charge in [0, 0.05) is 6.04 Å². The van der Waals surface area contributed by atoms with Crippen molar-refractivity contribution in [3.8, 4) is 0 Å². The molecule has 0 amide bonds. The lowest BCUT2D eigenvalue weighted by Crippen LogP contribution is -2.28. The molecule has 0 unspecified atom stereocenters. The largest absolute Gasteiger partial charge is 0.314 e. The fourth-order valence-corrected chi connectivity index (χ4v) is 1.97. The standard InChI is InChI=1S/C14H32N2/c1-5-14(6-2)15-12-10-8-7-9-11-13-16(3)4/h14-15H,5-13H2,1-4H3. The Bertz CT molecular complexity index is 131. The second-order valence-corrected chi connectivity index (χ2v) is 5.04. The predicted molar refractivity (Wildman–Crippen MR) is 74.0 cm³/mol. The molecule has 0 fully saturated rings. The summed E-state index contributed by atoms with van der Waals surface area (Å²) >= 11 is 0. The van der Waals surface area contributed by atoms with E-state index >= 15 is 0 Å². The first-order valence-electron chi connectivity index (χ1n) is 7.08. The van der Waals surface area contributed by atoms with Gasteiger partial charge in [0.2, 0.25) is 0 Å². The third-order valence-electron chi connectivity index (χ3n) is 3.20. The van der Waals surface area contributed by atoms with E-state index in [0.717, 1.165) is 6.04 Å². The maximum absolute atomic E-state index is 3.62. The molecular weight excluding hydrogens is 196 g/mol. The number of hydrogen-bond acceptors (Lipinski definition) is 2. The molecule has 0 saturated carbocycles. The summed E-state index contributed by atoms with van der Waals surface area (Å²) in [5, 5.41) is 3.62. The lowest BCUT2D eigenvalue weighted by atomic mass is 10.1. The summed E-state index contributed by atoms with van der Waals surface area (Å²) in [5.41, 5.74) is 0. The van der Waals surface area contributed by atoms with Crippen LogP contribution in [-0.4, -0.2) is 38.1 Å². The smallest absolute Gasteiger partial charge is 0.00618 e. The first-order valence-corrected chi connectivity index (χ1v) is 7.08. The summed E-state index contributed by atoms with van der Waals surface area (Å²) in [5.74, 6) is 0. The molecule has 0 heterocycles. The van der Waals surface area contributed by atoms with E-state index in [1.807, 2.05) is 0 Å². The van der Waals surface area contributed by atoms with Gasteiger partial charge in [-0.1, -0.05) is 33.1 Å². The third kappa shape index (κ3) is 10.4. The molecule has 16 heavy (non-hydrogen) atoms. The monoisotopic (exact) mass is 228 g/mol. The van der Waals surface area contributed by atoms with Crippen molar-refractivity contribution in [2.24, 2.45) is 0 Å². The van der Waals surface area contributed by atoms with Gasteiger partial charge in [-0.3, -0.25) is 0 Å². The van der Waals surface area contributed by atoms with Crippen LogP contribution in [0.3, 0.4) is 0 Å². The lowest BCUT2D eigenvalue weighted by molar-refractivity contribution is 0.388. The number of rotatable bonds is 11. The van der Waals surface area contributed by atoms with Crippen LogP contribution in [0.4, 0.5) is 0 Å². The molecular formula is C14H32N2. The third-order valence-corrected chi connectivity index (χ3v) is 3.20. The van der Waals surface area contributed by atoms with E-state index in [2.05, 4.69) is 38.2 Å². The van der Waals surface area contributed by atoms with Crippen LogP contribution in [0, 0.1) is 0 Å². The number of hydrogen-bond donors (Lipinski definition) is 1. The Morgan fingerprint density at radius 3 is 2.00 bits per heavy atom. The summed E-state index contributed by atoms with van der Waals surface area (Å²) in [6, 6.07) is 0.744. The quantitative estimate of drug-likeness (QED) is 0.546. The minimum absolute atomic E-state index is 0.744. The molecule has 0 aromatic rings. The summed E-state index contributed by atoms with van der Waals surface area (Å²) in [4.78, 5) is 2.27. The molecule has 0 rings (SSSR count). The first kappa shape index (κ1) is 15.9. The van der Waals surface area contributed by atoms with Crippen LogP contribution < -0.4 is 5.32 Å². The van der Waals surface area contributed by atoms with Gasteiger partial charge >= 0.3 is 0 Å². The van der Waals surface area contributed by atoms with Crippen LogP contribution in [0.25, 0.3) is 0 Å². The molecule has 98 valence electrons. The lowest BCUT2D eigenvalue weighted by Gasteiger charge is -2.14. The van der Waals surface area contributed by atoms with Crippen LogP contribution in [0.2, 0.25) is 0 Å². The van der Waals surface area contributed by atoms with Crippen molar-refractivity contribution < 1.29 is 0 Å². The van der Waals surface area contributed by atoms with E-state index in [4.69, 9.17) is 0 Å². The van der Waals surface area contributed by atoms with Crippen LogP contribution >= 0.6 is 0 Å². The van der Waals surface area contributed by atoms with Gasteiger partial charge in [0.15, 0.2) is 0 Å². The maximum Gasteiger partial charge on any atom is 0.00618 e. The minimum atomic E-state index is 0.744. The Morgan fingerprint density at radius 1 is 0.875 bits per heavy atom. The van der Waals surface area contributed by atoms with Crippen LogP contribution in [0.15, 0.2) is 0 Å². The molecule has 0 aliphatic rings. The van der Waals surface area contributed by atoms with Crippen molar-refractivity contribution in [2.75, 3.05) is 27.2 Å². The van der Waals surface area contributed by atoms with Gasteiger partial charge in [-0.25, -0.2) is 0 Å². The summed E-state index contributed by atoms with van der Waals surface area (Å²) < 4.78 is 0. The fraction of sp³-hybridized carbons (Fsp3) is 1.00. The van der Waals surface area contributed by atoms with Crippen molar-refractivity contribution >= 4 is 0 Å². The Morgan fingerprint density at radius 2 is 1.44 bits per heavy atom. The molecule has 0 spiro atoms. The number of unbranched alkanes of at least 4 members (excludes halogenated alkanes) is 4. The molecule has 0 aromatic carbocycles. The number of nitrogens with one attached hydrogen (secondary N) is 1. The highest BCUT2D eigenvalue weighted by Crippen LogP contribution is 2.03. The molecule has 0 aromatic heterocycles. The topological polar surface area (TPSA) is 15.3 Å². The van der Waals surface area contributed by atoms with E-state index in [1.165, 1.54) is 58.0 Å². The van der Waals surface area contributed by atoms with Gasteiger partial charge in [0.05, 0.1) is 0 Å².